The second-order valence-electron chi connectivity index (χ2n) is 5.67. The quantitative estimate of drug-likeness (QED) is 0.766. The van der Waals surface area contributed by atoms with Crippen molar-refractivity contribution in [3.8, 4) is 11.6 Å². The molecule has 1 aromatic carbocycles. The van der Waals surface area contributed by atoms with Crippen LogP contribution >= 0.6 is 0 Å². The van der Waals surface area contributed by atoms with Crippen LogP contribution in [0.2, 0.25) is 0 Å². The molecule has 0 aliphatic heterocycles. The Hall–Kier alpha value is -2.89. The van der Waals surface area contributed by atoms with Gasteiger partial charge in [-0.2, -0.15) is 0 Å². The van der Waals surface area contributed by atoms with Crippen molar-refractivity contribution in [1.29, 1.82) is 0 Å². The molecule has 1 saturated carbocycles. The van der Waals surface area contributed by atoms with E-state index < -0.39 is 5.82 Å². The first-order valence-electron chi connectivity index (χ1n) is 7.76. The molecule has 1 aliphatic rings. The third-order valence-electron chi connectivity index (χ3n) is 3.77. The lowest BCUT2D eigenvalue weighted by atomic mass is 10.2. The molecule has 5 nitrogen and oxygen atoms in total. The summed E-state index contributed by atoms with van der Waals surface area (Å²) in [4.78, 5) is 8.86. The third kappa shape index (κ3) is 2.95. The Balaban J connectivity index is 1.65. The highest BCUT2D eigenvalue weighted by atomic mass is 19.1. The van der Waals surface area contributed by atoms with Crippen molar-refractivity contribution in [2.24, 2.45) is 0 Å². The number of halogens is 1. The number of nitrogens with zero attached hydrogens (tertiary/aromatic N) is 2. The number of hydrogen-bond donors (Lipinski definition) is 1. The Morgan fingerprint density at radius 1 is 1.17 bits per heavy atom. The summed E-state index contributed by atoms with van der Waals surface area (Å²) < 4.78 is 24.6. The van der Waals surface area contributed by atoms with Crippen LogP contribution in [0.25, 0.3) is 11.0 Å². The lowest BCUT2D eigenvalue weighted by Gasteiger charge is -2.12. The summed E-state index contributed by atoms with van der Waals surface area (Å²) in [5.74, 6) is 0.346. The molecule has 1 N–H and O–H groups in total. The summed E-state index contributed by atoms with van der Waals surface area (Å²) in [6.45, 7) is 0. The largest absolute Gasteiger partial charge is 0.492 e. The molecule has 0 spiro atoms. The maximum Gasteiger partial charge on any atom is 0.214 e. The first-order chi connectivity index (χ1) is 11.7. The molecule has 0 saturated heterocycles. The van der Waals surface area contributed by atoms with E-state index in [2.05, 4.69) is 15.3 Å². The smallest absolute Gasteiger partial charge is 0.214 e. The lowest BCUT2D eigenvalue weighted by Crippen LogP contribution is -2.00. The van der Waals surface area contributed by atoms with E-state index in [1.165, 1.54) is 13.2 Å². The number of methoxy groups -OCH3 is 1. The predicted molar refractivity (Wildman–Crippen MR) is 89.4 cm³/mol. The number of nitrogens with one attached hydrogen (secondary N) is 1. The van der Waals surface area contributed by atoms with Crippen LogP contribution in [-0.2, 0) is 0 Å². The number of aromatic nitrogens is 2. The minimum absolute atomic E-state index is 0.163. The van der Waals surface area contributed by atoms with Crippen LogP contribution in [0.15, 0.2) is 42.6 Å². The van der Waals surface area contributed by atoms with Gasteiger partial charge >= 0.3 is 0 Å². The van der Waals surface area contributed by atoms with Crippen molar-refractivity contribution in [3.63, 3.8) is 0 Å². The van der Waals surface area contributed by atoms with E-state index in [4.69, 9.17) is 9.47 Å². The summed E-state index contributed by atoms with van der Waals surface area (Å²) in [6.07, 6.45) is 4.13. The zero-order valence-corrected chi connectivity index (χ0v) is 13.1. The van der Waals surface area contributed by atoms with E-state index in [1.54, 1.807) is 18.3 Å². The number of para-hydroxylation sites is 1. The molecule has 0 unspecified atom stereocenters. The molecule has 6 heteroatoms. The van der Waals surface area contributed by atoms with Crippen LogP contribution in [0.4, 0.5) is 15.8 Å². The van der Waals surface area contributed by atoms with Crippen LogP contribution in [0.3, 0.4) is 0 Å². The molecule has 3 aromatic rings. The van der Waals surface area contributed by atoms with Crippen LogP contribution in [0.1, 0.15) is 12.8 Å². The van der Waals surface area contributed by atoms with Crippen molar-refractivity contribution in [2.75, 3.05) is 12.4 Å². The predicted octanol–water partition coefficient (Wildman–Crippen LogP) is 4.06. The fourth-order valence-electron chi connectivity index (χ4n) is 2.45. The number of rotatable bonds is 5. The van der Waals surface area contributed by atoms with Crippen molar-refractivity contribution in [1.82, 2.24) is 9.97 Å². The third-order valence-corrected chi connectivity index (χ3v) is 3.77. The van der Waals surface area contributed by atoms with Gasteiger partial charge in [0.05, 0.1) is 35.7 Å². The summed E-state index contributed by atoms with van der Waals surface area (Å²) in [5, 5.41) is 3.12. The average molecular weight is 325 g/mol. The van der Waals surface area contributed by atoms with Gasteiger partial charge in [0.15, 0.2) is 11.6 Å². The monoisotopic (exact) mass is 325 g/mol. The molecular weight excluding hydrogens is 309 g/mol. The summed E-state index contributed by atoms with van der Waals surface area (Å²) in [6, 6.07) is 10.3. The molecule has 0 atom stereocenters. The summed E-state index contributed by atoms with van der Waals surface area (Å²) >= 11 is 0. The Bertz CT molecular complexity index is 897. The molecule has 2 heterocycles. The maximum atomic E-state index is 13.8. The first-order valence-corrected chi connectivity index (χ1v) is 7.76. The SMILES string of the molecule is COc1c(F)cccc1Nc1cnc2ccc(OC3CC3)nc2c1. The van der Waals surface area contributed by atoms with Gasteiger partial charge in [-0.05, 0) is 37.1 Å². The standard InChI is InChI=1S/C18H16FN3O2/c1-23-18-13(19)3-2-4-15(18)21-11-9-16-14(20-10-11)7-8-17(22-16)24-12-5-6-12/h2-4,7-10,12,21H,5-6H2,1H3. The van der Waals surface area contributed by atoms with Crippen LogP contribution in [0, 0.1) is 5.82 Å². The van der Waals surface area contributed by atoms with Gasteiger partial charge in [0.2, 0.25) is 5.88 Å². The summed E-state index contributed by atoms with van der Waals surface area (Å²) in [7, 11) is 1.44. The highest BCUT2D eigenvalue weighted by molar-refractivity contribution is 5.80. The van der Waals surface area contributed by atoms with Crippen LogP contribution < -0.4 is 14.8 Å². The van der Waals surface area contributed by atoms with Gasteiger partial charge in [0, 0.05) is 6.07 Å². The number of fused-ring (bicyclic) bond motifs is 1. The second-order valence-corrected chi connectivity index (χ2v) is 5.67. The van der Waals surface area contributed by atoms with Crippen LogP contribution in [-0.4, -0.2) is 23.2 Å². The van der Waals surface area contributed by atoms with Crippen molar-refractivity contribution >= 4 is 22.4 Å². The number of ether oxygens (including phenoxy) is 2. The fraction of sp³-hybridized carbons (Fsp3) is 0.222. The normalized spacial score (nSPS) is 13.8. The molecule has 1 fully saturated rings. The molecule has 4 rings (SSSR count). The number of pyridine rings is 2. The topological polar surface area (TPSA) is 56.3 Å². The number of anilines is 2. The Kier molecular flexibility index (Phi) is 3.65. The highest BCUT2D eigenvalue weighted by Gasteiger charge is 2.24. The van der Waals surface area contributed by atoms with E-state index in [1.807, 2.05) is 18.2 Å². The zero-order valence-electron chi connectivity index (χ0n) is 13.1. The van der Waals surface area contributed by atoms with Gasteiger partial charge < -0.3 is 14.8 Å². The average Bonchev–Trinajstić information content (AvgIpc) is 3.39. The van der Waals surface area contributed by atoms with Gasteiger partial charge in [0.1, 0.15) is 6.10 Å². The number of benzene rings is 1. The van der Waals surface area contributed by atoms with Gasteiger partial charge in [-0.1, -0.05) is 6.07 Å². The van der Waals surface area contributed by atoms with E-state index in [9.17, 15) is 4.39 Å². The lowest BCUT2D eigenvalue weighted by molar-refractivity contribution is 0.292. The molecule has 2 aromatic heterocycles. The van der Waals surface area contributed by atoms with E-state index in [0.717, 1.165) is 18.4 Å². The van der Waals surface area contributed by atoms with Crippen molar-refractivity contribution in [2.45, 2.75) is 18.9 Å². The van der Waals surface area contributed by atoms with Gasteiger partial charge in [0.25, 0.3) is 0 Å². The second kappa shape index (κ2) is 5.96. The minimum atomic E-state index is -0.422. The van der Waals surface area contributed by atoms with Gasteiger partial charge in [-0.25, -0.2) is 9.37 Å². The van der Waals surface area contributed by atoms with Crippen molar-refractivity contribution < 1.29 is 13.9 Å². The molecule has 122 valence electrons. The van der Waals surface area contributed by atoms with Gasteiger partial charge in [-0.3, -0.25) is 4.98 Å². The van der Waals surface area contributed by atoms with E-state index in [0.29, 0.717) is 28.9 Å². The molecule has 24 heavy (non-hydrogen) atoms. The zero-order chi connectivity index (χ0) is 16.5. The molecule has 0 radical (unpaired) electrons. The van der Waals surface area contributed by atoms with E-state index in [-0.39, 0.29) is 5.75 Å². The maximum absolute atomic E-state index is 13.8. The molecule has 1 aliphatic carbocycles. The Morgan fingerprint density at radius 2 is 2.04 bits per heavy atom. The summed E-state index contributed by atoms with van der Waals surface area (Å²) in [5.41, 5.74) is 2.72. The highest BCUT2D eigenvalue weighted by Crippen LogP contribution is 2.31. The van der Waals surface area contributed by atoms with Gasteiger partial charge in [-0.15, -0.1) is 0 Å². The van der Waals surface area contributed by atoms with E-state index >= 15 is 0 Å². The molecule has 0 amide bonds. The van der Waals surface area contributed by atoms with Crippen molar-refractivity contribution in [3.05, 3.63) is 48.4 Å². The van der Waals surface area contributed by atoms with Crippen LogP contribution in [0.5, 0.6) is 11.6 Å². The fourth-order valence-corrected chi connectivity index (χ4v) is 2.45. The molecular formula is C18H16FN3O2. The minimum Gasteiger partial charge on any atom is -0.492 e. The Morgan fingerprint density at radius 3 is 2.83 bits per heavy atom. The molecule has 0 bridgehead atoms. The number of hydrogen-bond acceptors (Lipinski definition) is 5. The Labute approximate surface area is 138 Å². The first kappa shape index (κ1) is 14.7.